The number of alkyl halides is 2. The van der Waals surface area contributed by atoms with Crippen molar-refractivity contribution >= 4 is 11.6 Å². The van der Waals surface area contributed by atoms with Crippen molar-refractivity contribution in [2.24, 2.45) is 5.92 Å². The Balaban J connectivity index is 2.13. The summed E-state index contributed by atoms with van der Waals surface area (Å²) in [5.74, 6) is -2.25. The van der Waals surface area contributed by atoms with Gasteiger partial charge in [0.15, 0.2) is 0 Å². The number of hydrogen-bond donors (Lipinski definition) is 1. The van der Waals surface area contributed by atoms with Crippen LogP contribution in [0.4, 0.5) is 8.78 Å². The maximum Gasteiger partial charge on any atom is 0.248 e. The van der Waals surface area contributed by atoms with Gasteiger partial charge in [-0.1, -0.05) is 29.8 Å². The molecule has 1 atom stereocenters. The highest BCUT2D eigenvalue weighted by Gasteiger charge is 2.37. The second-order valence-electron chi connectivity index (χ2n) is 4.98. The van der Waals surface area contributed by atoms with Gasteiger partial charge in [0.05, 0.1) is 0 Å². The summed E-state index contributed by atoms with van der Waals surface area (Å²) in [6.07, 6.45) is 1.06. The first kappa shape index (κ1) is 13.8. The molecule has 0 amide bonds. The minimum atomic E-state index is -2.48. The summed E-state index contributed by atoms with van der Waals surface area (Å²) in [5.41, 5.74) is 1.01. The van der Waals surface area contributed by atoms with Crippen LogP contribution in [0.2, 0.25) is 5.02 Å². The molecule has 2 rings (SSSR count). The minimum absolute atomic E-state index is 0.0136. The lowest BCUT2D eigenvalue weighted by Gasteiger charge is -2.34. The van der Waals surface area contributed by atoms with E-state index in [1.807, 2.05) is 31.3 Å². The number of nitrogens with one attached hydrogen (secondary N) is 1. The van der Waals surface area contributed by atoms with Gasteiger partial charge in [0, 0.05) is 23.9 Å². The third kappa shape index (κ3) is 3.01. The summed E-state index contributed by atoms with van der Waals surface area (Å²) in [6, 6.07) is 7.70. The third-order valence-corrected chi connectivity index (χ3v) is 4.13. The van der Waals surface area contributed by atoms with Crippen LogP contribution in [0.3, 0.4) is 0 Å². The topological polar surface area (TPSA) is 12.0 Å². The van der Waals surface area contributed by atoms with Gasteiger partial charge in [0.25, 0.3) is 0 Å². The van der Waals surface area contributed by atoms with E-state index < -0.39 is 5.92 Å². The molecule has 1 aromatic carbocycles. The average molecular weight is 274 g/mol. The van der Waals surface area contributed by atoms with E-state index in [9.17, 15) is 8.78 Å². The van der Waals surface area contributed by atoms with Crippen molar-refractivity contribution in [3.8, 4) is 0 Å². The Kier molecular flexibility index (Phi) is 4.23. The fourth-order valence-corrected chi connectivity index (χ4v) is 3.02. The Morgan fingerprint density at radius 3 is 2.44 bits per heavy atom. The molecule has 0 spiro atoms. The zero-order valence-corrected chi connectivity index (χ0v) is 11.2. The molecule has 1 N–H and O–H groups in total. The number of rotatable bonds is 3. The van der Waals surface area contributed by atoms with Gasteiger partial charge in [-0.05, 0) is 37.4 Å². The lowest BCUT2D eigenvalue weighted by Crippen LogP contribution is -2.32. The van der Waals surface area contributed by atoms with E-state index in [-0.39, 0.29) is 24.8 Å². The summed E-state index contributed by atoms with van der Waals surface area (Å²) in [7, 11) is 1.86. The fraction of sp³-hybridized carbons (Fsp3) is 0.571. The molecule has 4 heteroatoms. The van der Waals surface area contributed by atoms with Crippen LogP contribution in [0.25, 0.3) is 0 Å². The summed E-state index contributed by atoms with van der Waals surface area (Å²) < 4.78 is 26.4. The van der Waals surface area contributed by atoms with Gasteiger partial charge in [0.1, 0.15) is 0 Å². The van der Waals surface area contributed by atoms with Crippen LogP contribution < -0.4 is 5.32 Å². The van der Waals surface area contributed by atoms with Gasteiger partial charge >= 0.3 is 0 Å². The first-order chi connectivity index (χ1) is 8.53. The first-order valence-electron chi connectivity index (χ1n) is 6.33. The predicted octanol–water partition coefficient (Wildman–Crippen LogP) is 4.43. The van der Waals surface area contributed by atoms with Crippen LogP contribution in [-0.2, 0) is 0 Å². The SMILES string of the molecule is CNC(c1ccccc1Cl)C1CCC(F)(F)CC1. The van der Waals surface area contributed by atoms with E-state index in [1.54, 1.807) is 0 Å². The van der Waals surface area contributed by atoms with Gasteiger partial charge in [-0.2, -0.15) is 0 Å². The second-order valence-corrected chi connectivity index (χ2v) is 5.39. The van der Waals surface area contributed by atoms with E-state index in [2.05, 4.69) is 5.32 Å². The van der Waals surface area contributed by atoms with Crippen LogP contribution in [0.1, 0.15) is 37.3 Å². The Morgan fingerprint density at radius 1 is 1.28 bits per heavy atom. The van der Waals surface area contributed by atoms with Crippen molar-refractivity contribution in [3.05, 3.63) is 34.9 Å². The Hall–Kier alpha value is -0.670. The summed E-state index contributed by atoms with van der Waals surface area (Å²) in [6.45, 7) is 0. The molecule has 0 radical (unpaired) electrons. The molecule has 1 aromatic rings. The van der Waals surface area contributed by atoms with Crippen LogP contribution in [0.5, 0.6) is 0 Å². The highest BCUT2D eigenvalue weighted by Crippen LogP contribution is 2.42. The molecule has 18 heavy (non-hydrogen) atoms. The normalized spacial score (nSPS) is 21.8. The highest BCUT2D eigenvalue weighted by atomic mass is 35.5. The summed E-state index contributed by atoms with van der Waals surface area (Å²) in [4.78, 5) is 0. The molecule has 0 aliphatic heterocycles. The number of benzene rings is 1. The van der Waals surface area contributed by atoms with E-state index >= 15 is 0 Å². The van der Waals surface area contributed by atoms with Gasteiger partial charge in [-0.15, -0.1) is 0 Å². The van der Waals surface area contributed by atoms with E-state index in [0.29, 0.717) is 17.9 Å². The maximum absolute atomic E-state index is 13.2. The van der Waals surface area contributed by atoms with Gasteiger partial charge in [-0.25, -0.2) is 8.78 Å². The molecule has 100 valence electrons. The van der Waals surface area contributed by atoms with Crippen LogP contribution in [-0.4, -0.2) is 13.0 Å². The van der Waals surface area contributed by atoms with Crippen LogP contribution in [0, 0.1) is 5.92 Å². The zero-order valence-electron chi connectivity index (χ0n) is 10.4. The predicted molar refractivity (Wildman–Crippen MR) is 70.2 cm³/mol. The number of hydrogen-bond acceptors (Lipinski definition) is 1. The Morgan fingerprint density at radius 2 is 1.89 bits per heavy atom. The summed E-state index contributed by atoms with van der Waals surface area (Å²) in [5, 5.41) is 3.93. The second kappa shape index (κ2) is 5.54. The number of halogens is 3. The molecule has 0 aromatic heterocycles. The molecule has 1 aliphatic rings. The van der Waals surface area contributed by atoms with Gasteiger partial charge in [0.2, 0.25) is 5.92 Å². The van der Waals surface area contributed by atoms with Crippen LogP contribution >= 0.6 is 11.6 Å². The smallest absolute Gasteiger partial charge is 0.248 e. The molecule has 1 fully saturated rings. The fourth-order valence-electron chi connectivity index (χ4n) is 2.77. The molecule has 0 heterocycles. The van der Waals surface area contributed by atoms with Gasteiger partial charge in [-0.3, -0.25) is 0 Å². The molecule has 0 bridgehead atoms. The van der Waals surface area contributed by atoms with Crippen molar-refractivity contribution in [3.63, 3.8) is 0 Å². The molecule has 1 aliphatic carbocycles. The highest BCUT2D eigenvalue weighted by molar-refractivity contribution is 6.31. The average Bonchev–Trinajstić information content (AvgIpc) is 2.34. The maximum atomic E-state index is 13.2. The van der Waals surface area contributed by atoms with Crippen molar-refractivity contribution in [1.82, 2.24) is 5.32 Å². The molecular formula is C14H18ClF2N. The molecule has 0 saturated heterocycles. The molecular weight excluding hydrogens is 256 g/mol. The molecule has 1 unspecified atom stereocenters. The minimum Gasteiger partial charge on any atom is -0.313 e. The monoisotopic (exact) mass is 273 g/mol. The van der Waals surface area contributed by atoms with E-state index in [1.165, 1.54) is 0 Å². The molecule has 1 saturated carbocycles. The Labute approximate surface area is 112 Å². The van der Waals surface area contributed by atoms with Crippen LogP contribution in [0.15, 0.2) is 24.3 Å². The largest absolute Gasteiger partial charge is 0.313 e. The lowest BCUT2D eigenvalue weighted by atomic mass is 9.79. The van der Waals surface area contributed by atoms with E-state index in [0.717, 1.165) is 5.56 Å². The van der Waals surface area contributed by atoms with Crippen molar-refractivity contribution in [1.29, 1.82) is 0 Å². The van der Waals surface area contributed by atoms with Gasteiger partial charge < -0.3 is 5.32 Å². The quantitative estimate of drug-likeness (QED) is 0.859. The Bertz CT molecular complexity index is 399. The first-order valence-corrected chi connectivity index (χ1v) is 6.71. The standard InChI is InChI=1S/C14H18ClF2N/c1-18-13(11-4-2-3-5-12(11)15)10-6-8-14(16,17)9-7-10/h2-5,10,13,18H,6-9H2,1H3. The molecule has 1 nitrogen and oxygen atoms in total. The zero-order chi connectivity index (χ0) is 13.2. The van der Waals surface area contributed by atoms with Crippen molar-refractivity contribution < 1.29 is 8.78 Å². The third-order valence-electron chi connectivity index (χ3n) is 3.78. The lowest BCUT2D eigenvalue weighted by molar-refractivity contribution is -0.0495. The van der Waals surface area contributed by atoms with Crippen molar-refractivity contribution in [2.75, 3.05) is 7.05 Å². The summed E-state index contributed by atoms with van der Waals surface area (Å²) >= 11 is 6.18. The van der Waals surface area contributed by atoms with Crippen molar-refractivity contribution in [2.45, 2.75) is 37.6 Å². The van der Waals surface area contributed by atoms with E-state index in [4.69, 9.17) is 11.6 Å².